The number of hydrogen-bond donors (Lipinski definition) is 1. The van der Waals surface area contributed by atoms with E-state index in [1.807, 2.05) is 0 Å². The second-order valence-electron chi connectivity index (χ2n) is 7.28. The first-order valence-corrected chi connectivity index (χ1v) is 12.0. The summed E-state index contributed by atoms with van der Waals surface area (Å²) in [5.74, 6) is -1.19. The summed E-state index contributed by atoms with van der Waals surface area (Å²) in [6.07, 6.45) is 0.960. The van der Waals surface area contributed by atoms with Gasteiger partial charge in [-0.25, -0.2) is 12.7 Å². The highest BCUT2D eigenvalue weighted by molar-refractivity contribution is 7.88. The number of halogens is 2. The van der Waals surface area contributed by atoms with E-state index >= 15 is 0 Å². The van der Waals surface area contributed by atoms with Crippen molar-refractivity contribution < 1.29 is 22.9 Å². The Morgan fingerprint density at radius 2 is 1.97 bits per heavy atom. The van der Waals surface area contributed by atoms with Gasteiger partial charge in [0.2, 0.25) is 15.9 Å². The summed E-state index contributed by atoms with van der Waals surface area (Å²) in [6.45, 7) is 0.252. The standard InChI is InChI=1S/C20H21Cl2N3O6S/c1-31-19-8-7-14(25(27)28)10-18(19)23-20(26)13-4-3-9-24(11-13)32(29,30)12-15-16(21)5-2-6-17(15)22/h2,5-8,10,13H,3-4,9,11-12H2,1H3,(H,23,26). The first-order valence-electron chi connectivity index (χ1n) is 9.66. The molecule has 9 nitrogen and oxygen atoms in total. The third-order valence-electron chi connectivity index (χ3n) is 5.19. The summed E-state index contributed by atoms with van der Waals surface area (Å²) in [4.78, 5) is 23.3. The second kappa shape index (κ2) is 10.0. The number of amides is 1. The fraction of sp³-hybridized carbons (Fsp3) is 0.350. The van der Waals surface area contributed by atoms with Gasteiger partial charge in [0.25, 0.3) is 5.69 Å². The third kappa shape index (κ3) is 5.50. The summed E-state index contributed by atoms with van der Waals surface area (Å²) in [6, 6.07) is 8.62. The van der Waals surface area contributed by atoms with Crippen molar-refractivity contribution in [3.8, 4) is 5.75 Å². The van der Waals surface area contributed by atoms with Gasteiger partial charge in [-0.05, 0) is 31.0 Å². The van der Waals surface area contributed by atoms with Gasteiger partial charge in [0.05, 0.1) is 29.4 Å². The Bertz CT molecular complexity index is 1120. The highest BCUT2D eigenvalue weighted by Gasteiger charge is 2.33. The number of nitro groups is 1. The molecule has 12 heteroatoms. The number of rotatable bonds is 7. The number of non-ortho nitro benzene ring substituents is 1. The molecule has 172 valence electrons. The van der Waals surface area contributed by atoms with E-state index in [1.165, 1.54) is 29.6 Å². The number of carbonyl (C=O) groups is 1. The van der Waals surface area contributed by atoms with Crippen LogP contribution in [0, 0.1) is 16.0 Å². The second-order valence-corrected chi connectivity index (χ2v) is 10.1. The van der Waals surface area contributed by atoms with E-state index in [0.29, 0.717) is 18.4 Å². The van der Waals surface area contributed by atoms with Gasteiger partial charge in [-0.3, -0.25) is 14.9 Å². The van der Waals surface area contributed by atoms with Crippen LogP contribution < -0.4 is 10.1 Å². The molecule has 0 saturated carbocycles. The van der Waals surface area contributed by atoms with E-state index in [2.05, 4.69) is 5.32 Å². The predicted molar refractivity (Wildman–Crippen MR) is 122 cm³/mol. The molecule has 1 fully saturated rings. The van der Waals surface area contributed by atoms with Gasteiger partial charge in [0, 0.05) is 40.8 Å². The van der Waals surface area contributed by atoms with Crippen LogP contribution in [0.2, 0.25) is 10.0 Å². The number of benzene rings is 2. The SMILES string of the molecule is COc1ccc([N+](=O)[O-])cc1NC(=O)C1CCCN(S(=O)(=O)Cc2c(Cl)cccc2Cl)C1. The van der Waals surface area contributed by atoms with Crippen LogP contribution in [-0.4, -0.2) is 43.8 Å². The van der Waals surface area contributed by atoms with Gasteiger partial charge in [-0.15, -0.1) is 0 Å². The molecular weight excluding hydrogens is 481 g/mol. The fourth-order valence-electron chi connectivity index (χ4n) is 3.50. The largest absolute Gasteiger partial charge is 0.495 e. The quantitative estimate of drug-likeness (QED) is 0.450. The van der Waals surface area contributed by atoms with Crippen molar-refractivity contribution in [2.75, 3.05) is 25.5 Å². The number of piperidine rings is 1. The highest BCUT2D eigenvalue weighted by Crippen LogP contribution is 2.31. The lowest BCUT2D eigenvalue weighted by atomic mass is 9.98. The van der Waals surface area contributed by atoms with Crippen LogP contribution in [0.3, 0.4) is 0 Å². The zero-order valence-corrected chi connectivity index (χ0v) is 19.4. The molecular formula is C20H21Cl2N3O6S. The predicted octanol–water partition coefficient (Wildman–Crippen LogP) is 4.09. The number of methoxy groups -OCH3 is 1. The lowest BCUT2D eigenvalue weighted by molar-refractivity contribution is -0.384. The average molecular weight is 502 g/mol. The van der Waals surface area contributed by atoms with Crippen molar-refractivity contribution in [2.45, 2.75) is 18.6 Å². The number of hydrogen-bond acceptors (Lipinski definition) is 6. The Hall–Kier alpha value is -2.40. The highest BCUT2D eigenvalue weighted by atomic mass is 35.5. The van der Waals surface area contributed by atoms with E-state index in [4.69, 9.17) is 27.9 Å². The molecule has 1 aliphatic heterocycles. The molecule has 1 aliphatic rings. The van der Waals surface area contributed by atoms with E-state index in [-0.39, 0.29) is 46.0 Å². The minimum Gasteiger partial charge on any atom is -0.495 e. The number of nitrogens with one attached hydrogen (secondary N) is 1. The molecule has 1 saturated heterocycles. The molecule has 1 unspecified atom stereocenters. The van der Waals surface area contributed by atoms with Crippen LogP contribution in [0.5, 0.6) is 5.75 Å². The molecule has 0 bridgehead atoms. The Balaban J connectivity index is 1.75. The zero-order valence-electron chi connectivity index (χ0n) is 17.1. The van der Waals surface area contributed by atoms with Crippen molar-refractivity contribution in [1.29, 1.82) is 0 Å². The third-order valence-corrected chi connectivity index (χ3v) is 7.67. The number of carbonyl (C=O) groups excluding carboxylic acids is 1. The molecule has 1 heterocycles. The first kappa shape index (κ1) is 24.2. The molecule has 0 spiro atoms. The number of nitrogens with zero attached hydrogens (tertiary/aromatic N) is 2. The average Bonchev–Trinajstić information content (AvgIpc) is 2.76. The summed E-state index contributed by atoms with van der Waals surface area (Å²) in [7, 11) is -2.40. The van der Waals surface area contributed by atoms with E-state index in [0.717, 1.165) is 0 Å². The number of ether oxygens (including phenoxy) is 1. The molecule has 0 aliphatic carbocycles. The van der Waals surface area contributed by atoms with Crippen LogP contribution >= 0.6 is 23.2 Å². The van der Waals surface area contributed by atoms with Crippen LogP contribution in [0.4, 0.5) is 11.4 Å². The van der Waals surface area contributed by atoms with Crippen LogP contribution in [0.15, 0.2) is 36.4 Å². The number of nitro benzene ring substituents is 1. The maximum Gasteiger partial charge on any atom is 0.271 e. The lowest BCUT2D eigenvalue weighted by Crippen LogP contribution is -2.44. The van der Waals surface area contributed by atoms with Crippen molar-refractivity contribution in [2.24, 2.45) is 5.92 Å². The van der Waals surface area contributed by atoms with Gasteiger partial charge < -0.3 is 10.1 Å². The minimum atomic E-state index is -3.78. The molecule has 1 amide bonds. The summed E-state index contributed by atoms with van der Waals surface area (Å²) >= 11 is 12.2. The Morgan fingerprint density at radius 3 is 2.59 bits per heavy atom. The van der Waals surface area contributed by atoms with Crippen molar-refractivity contribution in [3.05, 3.63) is 62.1 Å². The molecule has 2 aromatic rings. The number of sulfonamides is 1. The molecule has 1 N–H and O–H groups in total. The normalized spacial score (nSPS) is 17.0. The smallest absolute Gasteiger partial charge is 0.271 e. The summed E-state index contributed by atoms with van der Waals surface area (Å²) in [5, 5.41) is 14.2. The molecule has 32 heavy (non-hydrogen) atoms. The summed E-state index contributed by atoms with van der Waals surface area (Å²) < 4.78 is 32.4. The lowest BCUT2D eigenvalue weighted by Gasteiger charge is -2.31. The van der Waals surface area contributed by atoms with Gasteiger partial charge in [-0.2, -0.15) is 0 Å². The Morgan fingerprint density at radius 1 is 1.28 bits per heavy atom. The monoisotopic (exact) mass is 501 g/mol. The van der Waals surface area contributed by atoms with Crippen molar-refractivity contribution >= 4 is 50.5 Å². The van der Waals surface area contributed by atoms with E-state index < -0.39 is 26.8 Å². The topological polar surface area (TPSA) is 119 Å². The molecule has 2 aromatic carbocycles. The van der Waals surface area contributed by atoms with Gasteiger partial charge in [-0.1, -0.05) is 29.3 Å². The van der Waals surface area contributed by atoms with Crippen LogP contribution in [-0.2, 0) is 20.6 Å². The van der Waals surface area contributed by atoms with Crippen molar-refractivity contribution in [3.63, 3.8) is 0 Å². The summed E-state index contributed by atoms with van der Waals surface area (Å²) in [5.41, 5.74) is 0.254. The van der Waals surface area contributed by atoms with Crippen molar-refractivity contribution in [1.82, 2.24) is 4.31 Å². The molecule has 1 atom stereocenters. The fourth-order valence-corrected chi connectivity index (χ4v) is 5.86. The molecule has 0 radical (unpaired) electrons. The zero-order chi connectivity index (χ0) is 23.5. The Labute approximate surface area is 195 Å². The van der Waals surface area contributed by atoms with Crippen LogP contribution in [0.1, 0.15) is 18.4 Å². The number of anilines is 1. The van der Waals surface area contributed by atoms with Gasteiger partial charge in [0.15, 0.2) is 0 Å². The minimum absolute atomic E-state index is 0.0204. The van der Waals surface area contributed by atoms with E-state index in [1.54, 1.807) is 18.2 Å². The Kier molecular flexibility index (Phi) is 7.60. The van der Waals surface area contributed by atoms with Crippen LogP contribution in [0.25, 0.3) is 0 Å². The molecule has 3 rings (SSSR count). The maximum absolute atomic E-state index is 13.0. The van der Waals surface area contributed by atoms with Gasteiger partial charge in [0.1, 0.15) is 5.75 Å². The maximum atomic E-state index is 13.0. The first-order chi connectivity index (χ1) is 15.1. The molecule has 0 aromatic heterocycles. The van der Waals surface area contributed by atoms with Gasteiger partial charge >= 0.3 is 0 Å². The van der Waals surface area contributed by atoms with E-state index in [9.17, 15) is 23.3 Å².